The number of hydrogen-bond donors (Lipinski definition) is 2. The summed E-state index contributed by atoms with van der Waals surface area (Å²) >= 11 is 1.50. The first-order valence-electron chi connectivity index (χ1n) is 5.91. The maximum atomic E-state index is 10.7. The van der Waals surface area contributed by atoms with Crippen molar-refractivity contribution >= 4 is 22.4 Å². The van der Waals surface area contributed by atoms with E-state index in [9.17, 15) is 4.79 Å². The van der Waals surface area contributed by atoms with Crippen molar-refractivity contribution in [2.45, 2.75) is 26.8 Å². The van der Waals surface area contributed by atoms with Crippen LogP contribution in [0.3, 0.4) is 0 Å². The number of carbonyl (C=O) groups is 1. The van der Waals surface area contributed by atoms with Crippen molar-refractivity contribution in [3.63, 3.8) is 0 Å². The molecule has 2 aromatic rings. The Labute approximate surface area is 114 Å². The third-order valence-electron chi connectivity index (χ3n) is 2.36. The zero-order chi connectivity index (χ0) is 13.8. The molecule has 0 aromatic carbocycles. The Hall–Kier alpha value is -1.89. The lowest BCUT2D eigenvalue weighted by atomic mass is 10.1. The minimum Gasteiger partial charge on any atom is -0.478 e. The Morgan fingerprint density at radius 3 is 2.95 bits per heavy atom. The number of nitrogens with one attached hydrogen (secondary N) is 1. The summed E-state index contributed by atoms with van der Waals surface area (Å²) in [5.74, 6) is 0.104. The number of nitrogens with zero attached hydrogens (tertiary/aromatic N) is 2. The van der Waals surface area contributed by atoms with Gasteiger partial charge in [-0.25, -0.2) is 4.79 Å². The average Bonchev–Trinajstić information content (AvgIpc) is 2.94. The SMILES string of the molecule is CC(C)Cc1nnc(NCc2cc(C(=O)O)co2)s1. The highest BCUT2D eigenvalue weighted by atomic mass is 32.1. The number of hydrogen-bond acceptors (Lipinski definition) is 6. The molecule has 0 saturated heterocycles. The molecule has 2 N–H and O–H groups in total. The summed E-state index contributed by atoms with van der Waals surface area (Å²) in [6, 6.07) is 1.49. The number of carboxylic acids is 1. The molecule has 0 aliphatic rings. The van der Waals surface area contributed by atoms with Gasteiger partial charge in [0, 0.05) is 6.42 Å². The molecule has 0 amide bonds. The first-order valence-corrected chi connectivity index (χ1v) is 6.73. The lowest BCUT2D eigenvalue weighted by molar-refractivity contribution is 0.0696. The van der Waals surface area contributed by atoms with E-state index in [1.165, 1.54) is 23.7 Å². The van der Waals surface area contributed by atoms with Crippen LogP contribution in [-0.2, 0) is 13.0 Å². The molecule has 0 bridgehead atoms. The van der Waals surface area contributed by atoms with Gasteiger partial charge in [-0.1, -0.05) is 25.2 Å². The summed E-state index contributed by atoms with van der Waals surface area (Å²) in [5, 5.41) is 21.6. The predicted molar refractivity (Wildman–Crippen MR) is 71.4 cm³/mol. The second-order valence-electron chi connectivity index (χ2n) is 4.56. The molecule has 0 saturated carbocycles. The van der Waals surface area contributed by atoms with Crippen LogP contribution in [-0.4, -0.2) is 21.3 Å². The maximum Gasteiger partial charge on any atom is 0.338 e. The van der Waals surface area contributed by atoms with E-state index in [-0.39, 0.29) is 5.56 Å². The van der Waals surface area contributed by atoms with Crippen molar-refractivity contribution < 1.29 is 14.3 Å². The van der Waals surface area contributed by atoms with Crippen LogP contribution in [0.5, 0.6) is 0 Å². The molecule has 19 heavy (non-hydrogen) atoms. The highest BCUT2D eigenvalue weighted by Crippen LogP contribution is 2.19. The maximum absolute atomic E-state index is 10.7. The molecular weight excluding hydrogens is 266 g/mol. The third-order valence-corrected chi connectivity index (χ3v) is 3.27. The van der Waals surface area contributed by atoms with Gasteiger partial charge in [0.25, 0.3) is 0 Å². The first kappa shape index (κ1) is 13.5. The minimum atomic E-state index is -0.995. The largest absolute Gasteiger partial charge is 0.478 e. The molecule has 0 fully saturated rings. The summed E-state index contributed by atoms with van der Waals surface area (Å²) in [4.78, 5) is 10.7. The summed E-state index contributed by atoms with van der Waals surface area (Å²) in [6.45, 7) is 4.65. The topological polar surface area (TPSA) is 88.2 Å². The lowest BCUT2D eigenvalue weighted by Gasteiger charge is -1.98. The number of rotatable bonds is 6. The van der Waals surface area contributed by atoms with Gasteiger partial charge in [0.15, 0.2) is 0 Å². The van der Waals surface area contributed by atoms with E-state index in [0.29, 0.717) is 23.4 Å². The normalized spacial score (nSPS) is 10.9. The van der Waals surface area contributed by atoms with Gasteiger partial charge < -0.3 is 14.8 Å². The second-order valence-corrected chi connectivity index (χ2v) is 5.62. The molecule has 7 heteroatoms. The van der Waals surface area contributed by atoms with Gasteiger partial charge in [-0.15, -0.1) is 10.2 Å². The Morgan fingerprint density at radius 2 is 2.32 bits per heavy atom. The quantitative estimate of drug-likeness (QED) is 0.846. The molecule has 0 radical (unpaired) electrons. The van der Waals surface area contributed by atoms with E-state index in [4.69, 9.17) is 9.52 Å². The summed E-state index contributed by atoms with van der Waals surface area (Å²) in [7, 11) is 0. The number of aromatic carboxylic acids is 1. The van der Waals surface area contributed by atoms with Crippen molar-refractivity contribution in [3.8, 4) is 0 Å². The van der Waals surface area contributed by atoms with E-state index < -0.39 is 5.97 Å². The van der Waals surface area contributed by atoms with Crippen molar-refractivity contribution in [1.82, 2.24) is 10.2 Å². The Balaban J connectivity index is 1.90. The molecule has 2 rings (SSSR count). The van der Waals surface area contributed by atoms with Gasteiger partial charge in [-0.3, -0.25) is 0 Å². The van der Waals surface area contributed by atoms with Crippen molar-refractivity contribution in [2.24, 2.45) is 5.92 Å². The van der Waals surface area contributed by atoms with Crippen LogP contribution in [0.1, 0.15) is 35.0 Å². The van der Waals surface area contributed by atoms with Crippen LogP contribution in [0.4, 0.5) is 5.13 Å². The van der Waals surface area contributed by atoms with E-state index in [0.717, 1.165) is 11.4 Å². The Morgan fingerprint density at radius 1 is 1.53 bits per heavy atom. The first-order chi connectivity index (χ1) is 9.04. The van der Waals surface area contributed by atoms with Crippen LogP contribution in [0.25, 0.3) is 0 Å². The number of furan rings is 1. The van der Waals surface area contributed by atoms with E-state index in [2.05, 4.69) is 29.4 Å². The highest BCUT2D eigenvalue weighted by molar-refractivity contribution is 7.15. The molecule has 0 aliphatic heterocycles. The fourth-order valence-corrected chi connectivity index (χ4v) is 2.45. The molecule has 0 spiro atoms. The fraction of sp³-hybridized carbons (Fsp3) is 0.417. The Bertz CT molecular complexity index is 562. The van der Waals surface area contributed by atoms with Crippen molar-refractivity contribution in [2.75, 3.05) is 5.32 Å². The van der Waals surface area contributed by atoms with Crippen LogP contribution in [0, 0.1) is 5.92 Å². The monoisotopic (exact) mass is 281 g/mol. The lowest BCUT2D eigenvalue weighted by Crippen LogP contribution is -1.98. The van der Waals surface area contributed by atoms with Gasteiger partial charge in [0.1, 0.15) is 17.0 Å². The van der Waals surface area contributed by atoms with E-state index in [1.807, 2.05) is 0 Å². The van der Waals surface area contributed by atoms with Crippen molar-refractivity contribution in [3.05, 3.63) is 28.7 Å². The number of anilines is 1. The predicted octanol–water partition coefficient (Wildman–Crippen LogP) is 2.64. The number of aromatic nitrogens is 2. The van der Waals surface area contributed by atoms with E-state index >= 15 is 0 Å². The molecule has 102 valence electrons. The minimum absolute atomic E-state index is 0.148. The molecule has 0 aliphatic carbocycles. The standard InChI is InChI=1S/C12H15N3O3S/c1-7(2)3-10-14-15-12(19-10)13-5-9-4-8(6-18-9)11(16)17/h4,6-7H,3,5H2,1-2H3,(H,13,15)(H,16,17). The average molecular weight is 281 g/mol. The third kappa shape index (κ3) is 3.78. The smallest absolute Gasteiger partial charge is 0.338 e. The van der Waals surface area contributed by atoms with Gasteiger partial charge >= 0.3 is 5.97 Å². The van der Waals surface area contributed by atoms with Crippen LogP contribution >= 0.6 is 11.3 Å². The second kappa shape index (κ2) is 5.83. The molecular formula is C12H15N3O3S. The molecule has 0 unspecified atom stereocenters. The summed E-state index contributed by atoms with van der Waals surface area (Å²) in [5.41, 5.74) is 0.148. The Kier molecular flexibility index (Phi) is 4.16. The fourth-order valence-electron chi connectivity index (χ4n) is 1.50. The number of carboxylic acid groups (broad SMARTS) is 1. The molecule has 6 nitrogen and oxygen atoms in total. The van der Waals surface area contributed by atoms with E-state index in [1.54, 1.807) is 0 Å². The van der Waals surface area contributed by atoms with Crippen LogP contribution in [0.15, 0.2) is 16.7 Å². The van der Waals surface area contributed by atoms with Gasteiger partial charge in [-0.05, 0) is 12.0 Å². The molecule has 2 heterocycles. The highest BCUT2D eigenvalue weighted by Gasteiger charge is 2.09. The zero-order valence-corrected chi connectivity index (χ0v) is 11.5. The zero-order valence-electron chi connectivity index (χ0n) is 10.7. The van der Waals surface area contributed by atoms with Crippen LogP contribution in [0.2, 0.25) is 0 Å². The molecule has 2 aromatic heterocycles. The molecule has 0 atom stereocenters. The van der Waals surface area contributed by atoms with Crippen molar-refractivity contribution in [1.29, 1.82) is 0 Å². The summed E-state index contributed by atoms with van der Waals surface area (Å²) in [6.07, 6.45) is 2.13. The van der Waals surface area contributed by atoms with Gasteiger partial charge in [0.05, 0.1) is 12.1 Å². The van der Waals surface area contributed by atoms with Gasteiger partial charge in [-0.2, -0.15) is 0 Å². The summed E-state index contributed by atoms with van der Waals surface area (Å²) < 4.78 is 5.13. The van der Waals surface area contributed by atoms with Gasteiger partial charge in [0.2, 0.25) is 5.13 Å². The van der Waals surface area contributed by atoms with Crippen LogP contribution < -0.4 is 5.32 Å².